The van der Waals surface area contributed by atoms with Crippen molar-refractivity contribution in [3.8, 4) is 34.4 Å². The van der Waals surface area contributed by atoms with Crippen LogP contribution in [0.25, 0.3) is 11.1 Å². The summed E-state index contributed by atoms with van der Waals surface area (Å²) in [4.78, 5) is 8.63. The van der Waals surface area contributed by atoms with Crippen LogP contribution >= 0.6 is 11.6 Å². The van der Waals surface area contributed by atoms with Crippen LogP contribution in [0.5, 0.6) is 17.2 Å². The number of nitriles is 1. The molecule has 0 bridgehead atoms. The number of benzene rings is 3. The van der Waals surface area contributed by atoms with Gasteiger partial charge >= 0.3 is 0 Å². The van der Waals surface area contributed by atoms with Gasteiger partial charge in [0.25, 0.3) is 0 Å². The van der Waals surface area contributed by atoms with Gasteiger partial charge in [0.05, 0.1) is 29.0 Å². The van der Waals surface area contributed by atoms with Gasteiger partial charge in [-0.25, -0.2) is 0 Å². The van der Waals surface area contributed by atoms with Crippen molar-refractivity contribution in [2.24, 2.45) is 0 Å². The molecular weight excluding hydrogens is 714 g/mol. The minimum absolute atomic E-state index is 0.203. The third kappa shape index (κ3) is 9.85. The molecule has 0 radical (unpaired) electrons. The van der Waals surface area contributed by atoms with Gasteiger partial charge in [0.1, 0.15) is 42.3 Å². The third-order valence-electron chi connectivity index (χ3n) is 10.4. The number of hydrogen-bond acceptors (Lipinski definition) is 10. The summed E-state index contributed by atoms with van der Waals surface area (Å²) in [6.07, 6.45) is 7.10. The Labute approximate surface area is 328 Å². The van der Waals surface area contributed by atoms with Crippen molar-refractivity contribution in [3.05, 3.63) is 123 Å². The summed E-state index contributed by atoms with van der Waals surface area (Å²) < 4.78 is 24.6. The zero-order valence-electron chi connectivity index (χ0n) is 31.8. The summed E-state index contributed by atoms with van der Waals surface area (Å²) in [7, 11) is 2.02. The second kappa shape index (κ2) is 17.7. The monoisotopic (exact) mass is 761 g/mol. The molecular formula is C44H48ClN5O5. The van der Waals surface area contributed by atoms with E-state index < -0.39 is 0 Å². The van der Waals surface area contributed by atoms with Gasteiger partial charge in [-0.3, -0.25) is 9.88 Å². The third-order valence-corrected chi connectivity index (χ3v) is 10.7. The highest BCUT2D eigenvalue weighted by molar-refractivity contribution is 6.32. The number of nitrogens with zero attached hydrogens (tertiary/aromatic N) is 5. The summed E-state index contributed by atoms with van der Waals surface area (Å²) in [5, 5.41) is 24.0. The standard InChI is InChI=1S/C44H48ClN5O5/c1-29-34(7-4-8-38(29)39-9-5-10-41(30(39)2)52-16-6-14-50-15-13-37(51)26-50)28-54-44-20-42(53-27-32-17-31(21-46)22-47-23-32)35(18-40(44)45)24-49(3)25-36-19-43(55-48-36)33-11-12-33/h4-5,7-10,17-20,22-23,33,37,51H,6,11-16,24-28H2,1-3H3/t37-/m1/s1. The average molecular weight is 762 g/mol. The summed E-state index contributed by atoms with van der Waals surface area (Å²) in [6.45, 7) is 9.15. The largest absolute Gasteiger partial charge is 0.493 e. The lowest BCUT2D eigenvalue weighted by molar-refractivity contribution is 0.173. The molecule has 0 spiro atoms. The number of hydrogen-bond donors (Lipinski definition) is 1. The highest BCUT2D eigenvalue weighted by Crippen LogP contribution is 2.40. The fourth-order valence-electron chi connectivity index (χ4n) is 7.15. The average Bonchev–Trinajstić information content (AvgIpc) is 3.79. The quantitative estimate of drug-likeness (QED) is 0.0927. The SMILES string of the molecule is Cc1c(COc2cc(OCc3cncc(C#N)c3)c(CN(C)Cc3cc(C4CC4)on3)cc2Cl)cccc1-c1cccc(OCCCN2CC[C@@H](O)C2)c1C. The molecule has 0 unspecified atom stereocenters. The van der Waals surface area contributed by atoms with E-state index in [-0.39, 0.29) is 12.7 Å². The van der Waals surface area contributed by atoms with Crippen LogP contribution in [-0.2, 0) is 26.3 Å². The molecule has 7 rings (SSSR count). The number of pyridine rings is 1. The van der Waals surface area contributed by atoms with Crippen LogP contribution in [0.15, 0.2) is 77.6 Å². The Morgan fingerprint density at radius 2 is 1.71 bits per heavy atom. The first-order valence-electron chi connectivity index (χ1n) is 19.0. The lowest BCUT2D eigenvalue weighted by Gasteiger charge is -2.20. The molecule has 10 nitrogen and oxygen atoms in total. The lowest BCUT2D eigenvalue weighted by Crippen LogP contribution is -2.24. The van der Waals surface area contributed by atoms with E-state index in [2.05, 4.69) is 70.2 Å². The molecule has 1 aliphatic heterocycles. The van der Waals surface area contributed by atoms with Crippen LogP contribution in [0, 0.1) is 25.2 Å². The Bertz CT molecular complexity index is 2140. The maximum atomic E-state index is 9.82. The molecule has 5 aromatic rings. The minimum atomic E-state index is -0.203. The first-order chi connectivity index (χ1) is 26.7. The van der Waals surface area contributed by atoms with Gasteiger partial charge in [-0.15, -0.1) is 0 Å². The van der Waals surface area contributed by atoms with Gasteiger partial charge in [-0.05, 0) is 92.6 Å². The highest BCUT2D eigenvalue weighted by atomic mass is 35.5. The lowest BCUT2D eigenvalue weighted by atomic mass is 9.93. The van der Waals surface area contributed by atoms with E-state index in [4.69, 9.17) is 30.3 Å². The Morgan fingerprint density at radius 3 is 2.49 bits per heavy atom. The van der Waals surface area contributed by atoms with E-state index in [0.29, 0.717) is 54.3 Å². The molecule has 55 heavy (non-hydrogen) atoms. The summed E-state index contributed by atoms with van der Waals surface area (Å²) in [6, 6.07) is 22.2. The van der Waals surface area contributed by atoms with E-state index in [9.17, 15) is 10.4 Å². The van der Waals surface area contributed by atoms with E-state index in [1.165, 1.54) is 6.20 Å². The van der Waals surface area contributed by atoms with Crippen molar-refractivity contribution >= 4 is 11.6 Å². The topological polar surface area (TPSA) is 117 Å². The number of likely N-dealkylation sites (tertiary alicyclic amines) is 1. The predicted octanol–water partition coefficient (Wildman–Crippen LogP) is 8.38. The van der Waals surface area contributed by atoms with Crippen molar-refractivity contribution in [3.63, 3.8) is 0 Å². The van der Waals surface area contributed by atoms with Gasteiger partial charge in [-0.2, -0.15) is 5.26 Å². The van der Waals surface area contributed by atoms with Gasteiger partial charge in [0.2, 0.25) is 0 Å². The normalized spacial score (nSPS) is 15.7. The number of halogens is 1. The maximum absolute atomic E-state index is 9.82. The van der Waals surface area contributed by atoms with E-state index in [0.717, 1.165) is 101 Å². The Hall–Kier alpha value is -4.92. The second-order valence-corrected chi connectivity index (χ2v) is 15.2. The molecule has 3 aromatic carbocycles. The van der Waals surface area contributed by atoms with Crippen molar-refractivity contribution in [2.45, 2.75) is 77.9 Å². The zero-order valence-corrected chi connectivity index (χ0v) is 32.5. The van der Waals surface area contributed by atoms with Crippen LogP contribution in [0.1, 0.15) is 76.4 Å². The molecule has 2 aromatic heterocycles. The Morgan fingerprint density at radius 1 is 0.909 bits per heavy atom. The number of aliphatic hydroxyl groups is 1. The molecule has 0 amide bonds. The molecule has 1 aliphatic carbocycles. The molecule has 2 aliphatic rings. The first kappa shape index (κ1) is 38.4. The van der Waals surface area contributed by atoms with Crippen molar-refractivity contribution in [1.82, 2.24) is 19.9 Å². The Balaban J connectivity index is 1.05. The summed E-state index contributed by atoms with van der Waals surface area (Å²) in [5.74, 6) is 3.49. The zero-order chi connectivity index (χ0) is 38.3. The smallest absolute Gasteiger partial charge is 0.142 e. The predicted molar refractivity (Wildman–Crippen MR) is 211 cm³/mol. The molecule has 1 saturated carbocycles. The molecule has 1 saturated heterocycles. The number of aliphatic hydroxyl groups excluding tert-OH is 1. The van der Waals surface area contributed by atoms with Crippen LogP contribution in [0.4, 0.5) is 0 Å². The van der Waals surface area contributed by atoms with Crippen molar-refractivity contribution < 1.29 is 23.8 Å². The molecule has 286 valence electrons. The van der Waals surface area contributed by atoms with E-state index in [1.54, 1.807) is 12.3 Å². The van der Waals surface area contributed by atoms with Gasteiger partial charge in [0, 0.05) is 74.3 Å². The van der Waals surface area contributed by atoms with Crippen molar-refractivity contribution in [1.29, 1.82) is 5.26 Å². The second-order valence-electron chi connectivity index (χ2n) is 14.8. The first-order valence-corrected chi connectivity index (χ1v) is 19.4. The fourth-order valence-corrected chi connectivity index (χ4v) is 7.40. The number of rotatable bonds is 17. The summed E-state index contributed by atoms with van der Waals surface area (Å²) in [5.41, 5.74) is 8.51. The Kier molecular flexibility index (Phi) is 12.3. The number of β-amino-alcohol motifs (C(OH)–C–C–N with tert-alkyl or cyclic N) is 1. The fraction of sp³-hybridized carbons (Fsp3) is 0.386. The maximum Gasteiger partial charge on any atom is 0.142 e. The van der Waals surface area contributed by atoms with Crippen LogP contribution in [0.3, 0.4) is 0 Å². The van der Waals surface area contributed by atoms with E-state index in [1.807, 2.05) is 31.3 Å². The highest BCUT2D eigenvalue weighted by Gasteiger charge is 2.28. The molecule has 1 N–H and O–H groups in total. The minimum Gasteiger partial charge on any atom is -0.493 e. The van der Waals surface area contributed by atoms with Crippen LogP contribution in [-0.4, -0.2) is 64.4 Å². The molecule has 3 heterocycles. The van der Waals surface area contributed by atoms with Crippen molar-refractivity contribution in [2.75, 3.05) is 33.3 Å². The summed E-state index contributed by atoms with van der Waals surface area (Å²) >= 11 is 6.91. The van der Waals surface area contributed by atoms with Crippen LogP contribution < -0.4 is 14.2 Å². The van der Waals surface area contributed by atoms with E-state index >= 15 is 0 Å². The van der Waals surface area contributed by atoms with Crippen LogP contribution in [0.2, 0.25) is 5.02 Å². The van der Waals surface area contributed by atoms with Gasteiger partial charge < -0.3 is 28.7 Å². The molecule has 2 fully saturated rings. The molecule has 1 atom stereocenters. The number of aromatic nitrogens is 2. The number of ether oxygens (including phenoxy) is 3. The molecule has 11 heteroatoms. The van der Waals surface area contributed by atoms with Gasteiger partial charge in [0.15, 0.2) is 0 Å². The van der Waals surface area contributed by atoms with Gasteiger partial charge in [-0.1, -0.05) is 47.1 Å².